The molecule has 300 valence electrons. The van der Waals surface area contributed by atoms with Crippen LogP contribution in [0, 0.1) is 0 Å². The third-order valence-electron chi connectivity index (χ3n) is 10.1. The fraction of sp³-hybridized carbons (Fsp3) is 0.667. The maximum atomic E-state index is 12.0. The first-order valence-electron chi connectivity index (χ1n) is 18.2. The summed E-state index contributed by atoms with van der Waals surface area (Å²) in [6.45, 7) is 26.9. The average molecular weight is 821 g/mol. The van der Waals surface area contributed by atoms with Gasteiger partial charge in [0.1, 0.15) is 0 Å². The minimum absolute atomic E-state index is 0.0297. The molecule has 17 heteroatoms. The molecule has 2 aromatic carbocycles. The number of nitrogen functional groups attached to an aromatic ring is 1. The van der Waals surface area contributed by atoms with Gasteiger partial charge in [0.05, 0.1) is 39.6 Å². The minimum Gasteiger partial charge on any atom is -0.399 e. The summed E-state index contributed by atoms with van der Waals surface area (Å²) in [6.07, 6.45) is 1.11. The number of halogens is 2. The fourth-order valence-corrected chi connectivity index (χ4v) is 7.91. The van der Waals surface area contributed by atoms with Gasteiger partial charge >= 0.3 is 14.2 Å². The molecule has 3 aliphatic heterocycles. The molecule has 0 aliphatic carbocycles. The zero-order valence-corrected chi connectivity index (χ0v) is 36.6. The van der Waals surface area contributed by atoms with Crippen molar-refractivity contribution < 1.29 is 35.5 Å². The highest BCUT2D eigenvalue weighted by atomic mass is 35.7. The lowest BCUT2D eigenvalue weighted by Crippen LogP contribution is -2.41. The quantitative estimate of drug-likeness (QED) is 0.147. The molecule has 5 rings (SSSR count). The maximum absolute atomic E-state index is 12.0. The van der Waals surface area contributed by atoms with Crippen LogP contribution in [0.1, 0.15) is 89.0 Å². The number of rotatable bonds is 9. The third kappa shape index (κ3) is 13.9. The molecule has 3 heterocycles. The molecular weight excluding hydrogens is 759 g/mol. The Balaban J connectivity index is 0.000000274. The predicted molar refractivity (Wildman–Crippen MR) is 223 cm³/mol. The van der Waals surface area contributed by atoms with Crippen LogP contribution < -0.4 is 21.0 Å². The molecule has 2 aromatic rings. The summed E-state index contributed by atoms with van der Waals surface area (Å²) < 4.78 is 69.4. The van der Waals surface area contributed by atoms with E-state index in [9.17, 15) is 16.8 Å². The van der Waals surface area contributed by atoms with Gasteiger partial charge in [-0.1, -0.05) is 45.0 Å². The van der Waals surface area contributed by atoms with Crippen molar-refractivity contribution in [3.8, 4) is 0 Å². The van der Waals surface area contributed by atoms with Gasteiger partial charge in [0.2, 0.25) is 19.1 Å². The number of hydrogen-bond donors (Lipinski definition) is 1. The summed E-state index contributed by atoms with van der Waals surface area (Å²) in [5, 5.41) is 0. The highest BCUT2D eigenvalue weighted by Crippen LogP contribution is 2.37. The van der Waals surface area contributed by atoms with E-state index in [1.165, 1.54) is 23.9 Å². The van der Waals surface area contributed by atoms with Gasteiger partial charge < -0.3 is 29.3 Å². The summed E-state index contributed by atoms with van der Waals surface area (Å²) in [6, 6.07) is 15.0. The van der Waals surface area contributed by atoms with Gasteiger partial charge in [0, 0.05) is 28.8 Å². The van der Waals surface area contributed by atoms with E-state index in [0.29, 0.717) is 31.0 Å². The first kappa shape index (κ1) is 47.6. The molecule has 53 heavy (non-hydrogen) atoms. The second-order valence-corrected chi connectivity index (χ2v) is 20.4. The van der Waals surface area contributed by atoms with E-state index in [1.54, 1.807) is 0 Å². The van der Waals surface area contributed by atoms with E-state index in [4.69, 9.17) is 46.6 Å². The molecule has 0 aromatic heterocycles. The standard InChI is InChI=1S/C15H22BNO4S.C12H18BNO2.C6H15N.C3H6Cl2O2S/c1-14(2)15(3,4)21-16(20-14)12-6-8-13(9-7-12)17-10-5-11-22(17,18)19;1-11(2)12(3,4)16-13(15-11)9-5-7-10(14)8-6-9;1-4-7(5-2)6-3;4-2-1-3-8(5,6)7/h6-9H,5,10-11H2,1-4H3;5-8H,14H2,1-4H3;4-6H2,1-3H3;1-3H2. The lowest BCUT2D eigenvalue weighted by Gasteiger charge is -2.32. The zero-order chi connectivity index (χ0) is 40.5. The van der Waals surface area contributed by atoms with E-state index in [2.05, 4.69) is 25.7 Å². The van der Waals surface area contributed by atoms with Crippen LogP contribution in [0.5, 0.6) is 0 Å². The van der Waals surface area contributed by atoms with Crippen LogP contribution in [-0.2, 0) is 37.7 Å². The molecule has 2 N–H and O–H groups in total. The van der Waals surface area contributed by atoms with Gasteiger partial charge in [-0.3, -0.25) is 4.31 Å². The molecule has 0 saturated carbocycles. The molecule has 3 saturated heterocycles. The Morgan fingerprint density at radius 3 is 1.40 bits per heavy atom. The largest absolute Gasteiger partial charge is 0.494 e. The van der Waals surface area contributed by atoms with Crippen molar-refractivity contribution in [2.24, 2.45) is 0 Å². The summed E-state index contributed by atoms with van der Waals surface area (Å²) >= 11 is 5.18. The molecular formula is C36H61B2Cl2N3O8S2. The van der Waals surface area contributed by atoms with Crippen molar-refractivity contribution in [1.82, 2.24) is 4.90 Å². The van der Waals surface area contributed by atoms with Crippen LogP contribution in [0.2, 0.25) is 0 Å². The Hall–Kier alpha value is -1.55. The van der Waals surface area contributed by atoms with E-state index in [-0.39, 0.29) is 41.0 Å². The molecule has 3 fully saturated rings. The van der Waals surface area contributed by atoms with Crippen LogP contribution in [0.15, 0.2) is 48.5 Å². The molecule has 0 radical (unpaired) electrons. The molecule has 0 bridgehead atoms. The van der Waals surface area contributed by atoms with Gasteiger partial charge in [0.25, 0.3) is 0 Å². The van der Waals surface area contributed by atoms with E-state index < -0.39 is 26.2 Å². The maximum Gasteiger partial charge on any atom is 0.494 e. The molecule has 0 unspecified atom stereocenters. The summed E-state index contributed by atoms with van der Waals surface area (Å²) in [7, 11) is -2.33. The van der Waals surface area contributed by atoms with Crippen molar-refractivity contribution in [1.29, 1.82) is 0 Å². The van der Waals surface area contributed by atoms with Crippen molar-refractivity contribution in [2.45, 2.75) is 111 Å². The minimum atomic E-state index is -3.30. The molecule has 0 amide bonds. The van der Waals surface area contributed by atoms with Gasteiger partial charge in [-0.15, -0.1) is 11.6 Å². The highest BCUT2D eigenvalue weighted by Gasteiger charge is 2.52. The Kier molecular flexibility index (Phi) is 17.6. The predicted octanol–water partition coefficient (Wildman–Crippen LogP) is 5.63. The smallest absolute Gasteiger partial charge is 0.399 e. The number of benzene rings is 2. The van der Waals surface area contributed by atoms with E-state index in [0.717, 1.165) is 16.6 Å². The van der Waals surface area contributed by atoms with Gasteiger partial charge in [-0.2, -0.15) is 0 Å². The van der Waals surface area contributed by atoms with Crippen molar-refractivity contribution in [2.75, 3.05) is 53.6 Å². The number of alkyl halides is 1. The molecule has 3 aliphatic rings. The Labute approximate surface area is 330 Å². The SMILES string of the molecule is CC1(C)OB(c2ccc(N)cc2)OC1(C)C.CC1(C)OB(c2ccc(N3CCCS3(=O)=O)cc2)OC1(C)C.CCN(CC)CC.O=S(=O)(Cl)CCCCl. The van der Waals surface area contributed by atoms with Crippen molar-refractivity contribution >= 4 is 77.9 Å². The number of sulfonamides is 1. The lowest BCUT2D eigenvalue weighted by molar-refractivity contribution is 0.00578. The molecule has 0 atom stereocenters. The highest BCUT2D eigenvalue weighted by molar-refractivity contribution is 8.13. The monoisotopic (exact) mass is 819 g/mol. The van der Waals surface area contributed by atoms with Crippen molar-refractivity contribution in [3.05, 3.63) is 48.5 Å². The average Bonchev–Trinajstić information content (AvgIpc) is 3.61. The van der Waals surface area contributed by atoms with Crippen LogP contribution in [0.4, 0.5) is 11.4 Å². The number of hydrogen-bond acceptors (Lipinski definition) is 10. The van der Waals surface area contributed by atoms with Crippen LogP contribution in [-0.4, -0.2) is 102 Å². The Morgan fingerprint density at radius 2 is 1.13 bits per heavy atom. The van der Waals surface area contributed by atoms with Crippen LogP contribution in [0.25, 0.3) is 0 Å². The second kappa shape index (κ2) is 19.5. The third-order valence-corrected chi connectivity index (χ3v) is 13.5. The topological polar surface area (TPSA) is 138 Å². The number of nitrogens with two attached hydrogens (primary N) is 1. The van der Waals surface area contributed by atoms with Crippen LogP contribution in [0.3, 0.4) is 0 Å². The van der Waals surface area contributed by atoms with Gasteiger partial charge in [0.15, 0.2) is 0 Å². The van der Waals surface area contributed by atoms with Crippen LogP contribution >= 0.6 is 22.3 Å². The number of anilines is 2. The van der Waals surface area contributed by atoms with Gasteiger partial charge in [-0.25, -0.2) is 16.8 Å². The summed E-state index contributed by atoms with van der Waals surface area (Å²) in [4.78, 5) is 2.38. The fourth-order valence-electron chi connectivity index (χ4n) is 5.24. The lowest BCUT2D eigenvalue weighted by atomic mass is 9.79. The van der Waals surface area contributed by atoms with E-state index in [1.807, 2.05) is 104 Å². The van der Waals surface area contributed by atoms with Gasteiger partial charge in [-0.05, 0) is 123 Å². The number of nitrogens with zero attached hydrogens (tertiary/aromatic N) is 2. The Morgan fingerprint density at radius 1 is 0.755 bits per heavy atom. The Bertz CT molecular complexity index is 1610. The molecule has 0 spiro atoms. The van der Waals surface area contributed by atoms with E-state index >= 15 is 0 Å². The normalized spacial score (nSPS) is 20.5. The first-order valence-corrected chi connectivity index (χ1v) is 22.8. The molecule has 11 nitrogen and oxygen atoms in total. The zero-order valence-electron chi connectivity index (χ0n) is 33.4. The first-order chi connectivity index (χ1) is 24.3. The second-order valence-electron chi connectivity index (χ2n) is 15.1. The summed E-state index contributed by atoms with van der Waals surface area (Å²) in [5.41, 5.74) is 7.67. The summed E-state index contributed by atoms with van der Waals surface area (Å²) in [5.74, 6) is 0.538. The van der Waals surface area contributed by atoms with Crippen molar-refractivity contribution in [3.63, 3.8) is 0 Å².